The molecule has 0 aromatic carbocycles. The molecule has 1 aliphatic carbocycles. The number of pyridine rings is 1. The number of aliphatic hydroxyl groups excluding tert-OH is 1. The molecule has 0 radical (unpaired) electrons. The number of aromatic nitrogens is 1. The van der Waals surface area contributed by atoms with Crippen molar-refractivity contribution >= 4 is 5.69 Å². The van der Waals surface area contributed by atoms with Gasteiger partial charge in [0.05, 0.1) is 23.7 Å². The highest BCUT2D eigenvalue weighted by Gasteiger charge is 2.23. The maximum atomic E-state index is 9.39. The Balaban J connectivity index is 2.05. The number of aliphatic hydroxyl groups is 1. The van der Waals surface area contributed by atoms with Gasteiger partial charge in [0, 0.05) is 13.1 Å². The molecule has 88 valence electrons. The summed E-state index contributed by atoms with van der Waals surface area (Å²) in [7, 11) is 0. The summed E-state index contributed by atoms with van der Waals surface area (Å²) in [6.45, 7) is 6.08. The van der Waals surface area contributed by atoms with Crippen LogP contribution in [-0.4, -0.2) is 23.2 Å². The zero-order valence-electron chi connectivity index (χ0n) is 10.1. The molecule has 1 atom stereocenters. The molecular formula is C13H20N2O. The van der Waals surface area contributed by atoms with Gasteiger partial charge in [0.1, 0.15) is 0 Å². The number of nitrogens with zero attached hydrogens (tertiary/aromatic N) is 2. The number of hydrogen-bond donors (Lipinski definition) is 1. The Kier molecular flexibility index (Phi) is 3.44. The van der Waals surface area contributed by atoms with Gasteiger partial charge >= 0.3 is 0 Å². The van der Waals surface area contributed by atoms with Crippen molar-refractivity contribution in [2.24, 2.45) is 5.92 Å². The van der Waals surface area contributed by atoms with E-state index in [-0.39, 0.29) is 0 Å². The van der Waals surface area contributed by atoms with E-state index in [1.54, 1.807) is 6.92 Å². The van der Waals surface area contributed by atoms with Crippen molar-refractivity contribution in [1.29, 1.82) is 0 Å². The molecule has 1 saturated carbocycles. The number of rotatable bonds is 5. The summed E-state index contributed by atoms with van der Waals surface area (Å²) in [4.78, 5) is 6.64. The van der Waals surface area contributed by atoms with E-state index in [1.807, 2.05) is 12.3 Å². The molecule has 1 unspecified atom stereocenters. The fourth-order valence-electron chi connectivity index (χ4n) is 1.86. The lowest BCUT2D eigenvalue weighted by atomic mass is 10.2. The molecule has 0 amide bonds. The van der Waals surface area contributed by atoms with Crippen molar-refractivity contribution < 1.29 is 5.11 Å². The smallest absolute Gasteiger partial charge is 0.0931 e. The first kappa shape index (κ1) is 11.4. The molecule has 2 rings (SSSR count). The van der Waals surface area contributed by atoms with Crippen LogP contribution in [0.15, 0.2) is 18.3 Å². The van der Waals surface area contributed by atoms with Gasteiger partial charge in [-0.25, -0.2) is 0 Å². The van der Waals surface area contributed by atoms with Crippen LogP contribution in [0.4, 0.5) is 5.69 Å². The van der Waals surface area contributed by atoms with Crippen molar-refractivity contribution in [2.45, 2.75) is 32.8 Å². The largest absolute Gasteiger partial charge is 0.387 e. The Hall–Kier alpha value is -1.09. The van der Waals surface area contributed by atoms with Gasteiger partial charge < -0.3 is 10.0 Å². The van der Waals surface area contributed by atoms with Crippen LogP contribution in [0.2, 0.25) is 0 Å². The number of hydrogen-bond acceptors (Lipinski definition) is 3. The van der Waals surface area contributed by atoms with E-state index in [0.29, 0.717) is 0 Å². The number of anilines is 1. The van der Waals surface area contributed by atoms with Gasteiger partial charge in [-0.1, -0.05) is 0 Å². The molecule has 1 aromatic heterocycles. The maximum absolute atomic E-state index is 9.39. The van der Waals surface area contributed by atoms with Crippen molar-refractivity contribution in [3.63, 3.8) is 0 Å². The maximum Gasteiger partial charge on any atom is 0.0931 e. The Morgan fingerprint density at radius 1 is 1.50 bits per heavy atom. The third-order valence-corrected chi connectivity index (χ3v) is 3.12. The van der Waals surface area contributed by atoms with Crippen LogP contribution in [0.3, 0.4) is 0 Å². The molecule has 0 saturated heterocycles. The standard InChI is InChI=1S/C13H20N2O/c1-3-15(9-11-4-5-11)12-6-7-13(10(2)16)14-8-12/h6-8,10-11,16H,3-5,9H2,1-2H3. The molecule has 0 spiro atoms. The van der Waals surface area contributed by atoms with E-state index < -0.39 is 6.10 Å². The van der Waals surface area contributed by atoms with Crippen molar-refractivity contribution in [3.05, 3.63) is 24.0 Å². The predicted octanol–water partition coefficient (Wildman–Crippen LogP) is 2.37. The van der Waals surface area contributed by atoms with Gasteiger partial charge in [0.25, 0.3) is 0 Å². The minimum atomic E-state index is -0.479. The molecule has 1 aromatic rings. The second-order valence-electron chi connectivity index (χ2n) is 4.60. The molecule has 3 nitrogen and oxygen atoms in total. The molecular weight excluding hydrogens is 200 g/mol. The summed E-state index contributed by atoms with van der Waals surface area (Å²) in [5.41, 5.74) is 1.91. The van der Waals surface area contributed by atoms with Crippen molar-refractivity contribution in [2.75, 3.05) is 18.0 Å². The molecule has 0 aliphatic heterocycles. The molecule has 1 heterocycles. The Morgan fingerprint density at radius 2 is 2.25 bits per heavy atom. The molecule has 0 bridgehead atoms. The lowest BCUT2D eigenvalue weighted by Gasteiger charge is -2.22. The average Bonchev–Trinajstić information content (AvgIpc) is 3.10. The summed E-state index contributed by atoms with van der Waals surface area (Å²) in [6, 6.07) is 3.97. The van der Waals surface area contributed by atoms with Crippen LogP contribution < -0.4 is 4.90 Å². The predicted molar refractivity (Wildman–Crippen MR) is 65.5 cm³/mol. The second-order valence-corrected chi connectivity index (χ2v) is 4.60. The van der Waals surface area contributed by atoms with E-state index in [4.69, 9.17) is 0 Å². The van der Waals surface area contributed by atoms with Crippen LogP contribution in [0.5, 0.6) is 0 Å². The van der Waals surface area contributed by atoms with E-state index in [0.717, 1.165) is 24.7 Å². The van der Waals surface area contributed by atoms with Crippen LogP contribution >= 0.6 is 0 Å². The average molecular weight is 220 g/mol. The van der Waals surface area contributed by atoms with Gasteiger partial charge in [0.2, 0.25) is 0 Å². The lowest BCUT2D eigenvalue weighted by Crippen LogP contribution is -2.25. The summed E-state index contributed by atoms with van der Waals surface area (Å²) >= 11 is 0. The summed E-state index contributed by atoms with van der Waals surface area (Å²) < 4.78 is 0. The fraction of sp³-hybridized carbons (Fsp3) is 0.615. The van der Waals surface area contributed by atoms with Crippen LogP contribution in [0.1, 0.15) is 38.5 Å². The molecule has 1 fully saturated rings. The van der Waals surface area contributed by atoms with Crippen LogP contribution in [0, 0.1) is 5.92 Å². The Bertz CT molecular complexity index is 330. The summed E-state index contributed by atoms with van der Waals surface area (Å²) in [5.74, 6) is 0.886. The van der Waals surface area contributed by atoms with Gasteiger partial charge in [-0.05, 0) is 44.7 Å². The third-order valence-electron chi connectivity index (χ3n) is 3.12. The molecule has 1 N–H and O–H groups in total. The normalized spacial score (nSPS) is 17.2. The monoisotopic (exact) mass is 220 g/mol. The first-order valence-corrected chi connectivity index (χ1v) is 6.09. The van der Waals surface area contributed by atoms with E-state index in [9.17, 15) is 5.11 Å². The van der Waals surface area contributed by atoms with Crippen molar-refractivity contribution in [1.82, 2.24) is 4.98 Å². The van der Waals surface area contributed by atoms with Gasteiger partial charge in [0.15, 0.2) is 0 Å². The third kappa shape index (κ3) is 2.73. The van der Waals surface area contributed by atoms with Crippen LogP contribution in [-0.2, 0) is 0 Å². The zero-order chi connectivity index (χ0) is 11.5. The minimum Gasteiger partial charge on any atom is -0.387 e. The van der Waals surface area contributed by atoms with Gasteiger partial charge in [-0.15, -0.1) is 0 Å². The summed E-state index contributed by atoms with van der Waals surface area (Å²) in [6.07, 6.45) is 4.13. The topological polar surface area (TPSA) is 36.4 Å². The van der Waals surface area contributed by atoms with E-state index >= 15 is 0 Å². The second kappa shape index (κ2) is 4.83. The molecule has 1 aliphatic rings. The first-order valence-electron chi connectivity index (χ1n) is 6.09. The highest BCUT2D eigenvalue weighted by atomic mass is 16.3. The highest BCUT2D eigenvalue weighted by molar-refractivity contribution is 5.44. The van der Waals surface area contributed by atoms with E-state index in [1.165, 1.54) is 18.5 Å². The Morgan fingerprint density at radius 3 is 2.69 bits per heavy atom. The Labute approximate surface area is 97.1 Å². The quantitative estimate of drug-likeness (QED) is 0.827. The first-order chi connectivity index (χ1) is 7.70. The fourth-order valence-corrected chi connectivity index (χ4v) is 1.86. The van der Waals surface area contributed by atoms with E-state index in [2.05, 4.69) is 22.9 Å². The SMILES string of the molecule is CCN(CC1CC1)c1ccc(C(C)O)nc1. The lowest BCUT2D eigenvalue weighted by molar-refractivity contribution is 0.194. The minimum absolute atomic E-state index is 0.479. The van der Waals surface area contributed by atoms with Crippen molar-refractivity contribution in [3.8, 4) is 0 Å². The molecule has 16 heavy (non-hydrogen) atoms. The molecule has 3 heteroatoms. The zero-order valence-corrected chi connectivity index (χ0v) is 10.1. The van der Waals surface area contributed by atoms with Crippen LogP contribution in [0.25, 0.3) is 0 Å². The highest BCUT2D eigenvalue weighted by Crippen LogP contribution is 2.31. The van der Waals surface area contributed by atoms with Gasteiger partial charge in [-0.3, -0.25) is 4.98 Å². The van der Waals surface area contributed by atoms with Gasteiger partial charge in [-0.2, -0.15) is 0 Å². The summed E-state index contributed by atoms with van der Waals surface area (Å²) in [5, 5.41) is 9.39.